The van der Waals surface area contributed by atoms with Crippen molar-refractivity contribution in [1.82, 2.24) is 5.32 Å². The molecular formula is C17H21F2NO2. The zero-order chi connectivity index (χ0) is 15.6. The zero-order valence-electron chi connectivity index (χ0n) is 12.4. The van der Waals surface area contributed by atoms with E-state index in [-0.39, 0.29) is 12.1 Å². The lowest BCUT2D eigenvalue weighted by Gasteiger charge is -2.38. The number of halogens is 2. The molecule has 0 heterocycles. The van der Waals surface area contributed by atoms with Gasteiger partial charge in [-0.25, -0.2) is 8.78 Å². The van der Waals surface area contributed by atoms with Gasteiger partial charge in [0.1, 0.15) is 17.3 Å². The molecule has 2 fully saturated rings. The van der Waals surface area contributed by atoms with Gasteiger partial charge in [0.25, 0.3) is 6.43 Å². The maximum absolute atomic E-state index is 13.3. The second-order valence-electron chi connectivity index (χ2n) is 6.36. The fourth-order valence-electron chi connectivity index (χ4n) is 3.35. The topological polar surface area (TPSA) is 38.3 Å². The van der Waals surface area contributed by atoms with Crippen molar-refractivity contribution in [1.29, 1.82) is 0 Å². The van der Waals surface area contributed by atoms with Crippen molar-refractivity contribution < 1.29 is 18.3 Å². The lowest BCUT2D eigenvalue weighted by atomic mass is 9.83. The summed E-state index contributed by atoms with van der Waals surface area (Å²) in [4.78, 5) is 12.2. The van der Waals surface area contributed by atoms with Crippen LogP contribution in [0.2, 0.25) is 0 Å². The van der Waals surface area contributed by atoms with Gasteiger partial charge in [-0.2, -0.15) is 0 Å². The molecule has 3 rings (SSSR count). The van der Waals surface area contributed by atoms with Crippen molar-refractivity contribution in [2.75, 3.05) is 0 Å². The predicted octanol–water partition coefficient (Wildman–Crippen LogP) is 3.54. The maximum Gasteiger partial charge on any atom is 0.252 e. The molecule has 0 aromatic heterocycles. The molecule has 0 spiro atoms. The number of carbonyl (C=O) groups excluding carboxylic acids is 1. The summed E-state index contributed by atoms with van der Waals surface area (Å²) in [7, 11) is 0. The Labute approximate surface area is 129 Å². The molecule has 0 aliphatic heterocycles. The number of hydrogen-bond acceptors (Lipinski definition) is 2. The van der Waals surface area contributed by atoms with Gasteiger partial charge in [0.2, 0.25) is 5.91 Å². The van der Waals surface area contributed by atoms with Crippen molar-refractivity contribution in [3.8, 4) is 5.75 Å². The third kappa shape index (κ3) is 2.94. The maximum atomic E-state index is 13.3. The third-order valence-corrected chi connectivity index (χ3v) is 4.84. The number of para-hydroxylation sites is 1. The Hall–Kier alpha value is -1.65. The molecular weight excluding hydrogens is 288 g/mol. The van der Waals surface area contributed by atoms with E-state index in [1.54, 1.807) is 0 Å². The molecule has 1 amide bonds. The molecule has 2 saturated carbocycles. The van der Waals surface area contributed by atoms with E-state index in [1.807, 2.05) is 30.3 Å². The Morgan fingerprint density at radius 1 is 1.18 bits per heavy atom. The molecule has 1 aromatic carbocycles. The first-order valence-corrected chi connectivity index (χ1v) is 7.91. The minimum atomic E-state index is -2.58. The van der Waals surface area contributed by atoms with E-state index in [0.29, 0.717) is 38.5 Å². The van der Waals surface area contributed by atoms with Crippen LogP contribution in [0, 0.1) is 5.41 Å². The van der Waals surface area contributed by atoms with Crippen LogP contribution in [0.4, 0.5) is 8.78 Å². The van der Waals surface area contributed by atoms with Gasteiger partial charge in [0, 0.05) is 18.9 Å². The SMILES string of the molecule is O=C(NC1CC(Oc2ccccc2)C1)C1(C(F)F)CCCC1. The fourth-order valence-corrected chi connectivity index (χ4v) is 3.35. The van der Waals surface area contributed by atoms with E-state index >= 15 is 0 Å². The van der Waals surface area contributed by atoms with E-state index in [0.717, 1.165) is 5.75 Å². The molecule has 0 saturated heterocycles. The van der Waals surface area contributed by atoms with E-state index in [2.05, 4.69) is 5.32 Å². The van der Waals surface area contributed by atoms with E-state index < -0.39 is 17.7 Å². The van der Waals surface area contributed by atoms with Crippen LogP contribution >= 0.6 is 0 Å². The van der Waals surface area contributed by atoms with Crippen LogP contribution in [0.3, 0.4) is 0 Å². The summed E-state index contributed by atoms with van der Waals surface area (Å²) < 4.78 is 32.4. The van der Waals surface area contributed by atoms with Gasteiger partial charge in [-0.1, -0.05) is 31.0 Å². The minimum Gasteiger partial charge on any atom is -0.490 e. The predicted molar refractivity (Wildman–Crippen MR) is 78.9 cm³/mol. The number of benzene rings is 1. The first-order valence-electron chi connectivity index (χ1n) is 7.91. The number of alkyl halides is 2. The second kappa shape index (κ2) is 6.23. The van der Waals surface area contributed by atoms with Crippen molar-refractivity contribution in [2.45, 2.75) is 57.1 Å². The lowest BCUT2D eigenvalue weighted by Crippen LogP contribution is -2.54. The van der Waals surface area contributed by atoms with Crippen LogP contribution in [-0.2, 0) is 4.79 Å². The molecule has 3 nitrogen and oxygen atoms in total. The molecule has 0 unspecified atom stereocenters. The van der Waals surface area contributed by atoms with E-state index in [4.69, 9.17) is 4.74 Å². The highest BCUT2D eigenvalue weighted by Crippen LogP contribution is 2.43. The van der Waals surface area contributed by atoms with Crippen molar-refractivity contribution in [2.24, 2.45) is 5.41 Å². The van der Waals surface area contributed by atoms with Crippen molar-refractivity contribution in [3.63, 3.8) is 0 Å². The summed E-state index contributed by atoms with van der Waals surface area (Å²) in [5.41, 5.74) is -1.45. The highest BCUT2D eigenvalue weighted by molar-refractivity contribution is 5.83. The molecule has 2 aliphatic carbocycles. The molecule has 120 valence electrons. The number of amides is 1. The molecule has 22 heavy (non-hydrogen) atoms. The molecule has 1 aromatic rings. The van der Waals surface area contributed by atoms with Crippen LogP contribution < -0.4 is 10.1 Å². The number of nitrogens with one attached hydrogen (secondary N) is 1. The van der Waals surface area contributed by atoms with E-state index in [1.165, 1.54) is 0 Å². The summed E-state index contributed by atoms with van der Waals surface area (Å²) in [5, 5.41) is 2.80. The van der Waals surface area contributed by atoms with Crippen molar-refractivity contribution in [3.05, 3.63) is 30.3 Å². The lowest BCUT2D eigenvalue weighted by molar-refractivity contribution is -0.142. The first-order chi connectivity index (χ1) is 10.6. The van der Waals surface area contributed by atoms with Crippen LogP contribution in [-0.4, -0.2) is 24.5 Å². The molecule has 2 aliphatic rings. The van der Waals surface area contributed by atoms with Crippen LogP contribution in [0.5, 0.6) is 5.75 Å². The number of hydrogen-bond donors (Lipinski definition) is 1. The quantitative estimate of drug-likeness (QED) is 0.903. The zero-order valence-corrected chi connectivity index (χ0v) is 12.4. The Bertz CT molecular complexity index is 509. The minimum absolute atomic E-state index is 0.0440. The highest BCUT2D eigenvalue weighted by atomic mass is 19.3. The number of carbonyl (C=O) groups is 1. The van der Waals surface area contributed by atoms with Crippen LogP contribution in [0.25, 0.3) is 0 Å². The van der Waals surface area contributed by atoms with Gasteiger partial charge in [-0.05, 0) is 25.0 Å². The normalized spacial score (nSPS) is 26.5. The second-order valence-corrected chi connectivity index (χ2v) is 6.36. The fraction of sp³-hybridized carbons (Fsp3) is 0.588. The number of rotatable bonds is 5. The summed E-state index contributed by atoms with van der Waals surface area (Å²) in [5.74, 6) is 0.334. The Kier molecular flexibility index (Phi) is 4.32. The Morgan fingerprint density at radius 3 is 2.41 bits per heavy atom. The molecule has 1 N–H and O–H groups in total. The standard InChI is InChI=1S/C17H21F2NO2/c18-15(19)17(8-4-5-9-17)16(21)20-12-10-14(11-12)22-13-6-2-1-3-7-13/h1-3,6-7,12,14-15H,4-5,8-11H2,(H,20,21). The average Bonchev–Trinajstić information content (AvgIpc) is 2.97. The molecule has 0 radical (unpaired) electrons. The smallest absolute Gasteiger partial charge is 0.252 e. The molecule has 0 bridgehead atoms. The van der Waals surface area contributed by atoms with Gasteiger partial charge in [-0.15, -0.1) is 0 Å². The number of ether oxygens (including phenoxy) is 1. The van der Waals surface area contributed by atoms with Crippen LogP contribution in [0.15, 0.2) is 30.3 Å². The Balaban J connectivity index is 1.48. The van der Waals surface area contributed by atoms with Crippen molar-refractivity contribution >= 4 is 5.91 Å². The largest absolute Gasteiger partial charge is 0.490 e. The van der Waals surface area contributed by atoms with Gasteiger partial charge in [-0.3, -0.25) is 4.79 Å². The summed E-state index contributed by atoms with van der Waals surface area (Å²) in [6, 6.07) is 9.45. The average molecular weight is 309 g/mol. The van der Waals surface area contributed by atoms with Gasteiger partial charge < -0.3 is 10.1 Å². The molecule has 5 heteroatoms. The Morgan fingerprint density at radius 2 is 1.82 bits per heavy atom. The van der Waals surface area contributed by atoms with Gasteiger partial charge in [0.05, 0.1) is 0 Å². The summed E-state index contributed by atoms with van der Waals surface area (Å²) in [6.07, 6.45) is 0.857. The highest BCUT2D eigenvalue weighted by Gasteiger charge is 2.50. The van der Waals surface area contributed by atoms with Crippen LogP contribution in [0.1, 0.15) is 38.5 Å². The monoisotopic (exact) mass is 309 g/mol. The van der Waals surface area contributed by atoms with Gasteiger partial charge in [0.15, 0.2) is 0 Å². The molecule has 0 atom stereocenters. The van der Waals surface area contributed by atoms with E-state index in [9.17, 15) is 13.6 Å². The van der Waals surface area contributed by atoms with Gasteiger partial charge >= 0.3 is 0 Å². The summed E-state index contributed by atoms with van der Waals surface area (Å²) in [6.45, 7) is 0. The third-order valence-electron chi connectivity index (χ3n) is 4.84. The summed E-state index contributed by atoms with van der Waals surface area (Å²) >= 11 is 0. The first kappa shape index (κ1) is 15.3.